The van der Waals surface area contributed by atoms with E-state index in [0.717, 1.165) is 25.1 Å². The molecule has 1 amide bonds. The highest BCUT2D eigenvalue weighted by atomic mass is 35.5. The van der Waals surface area contributed by atoms with E-state index in [1.807, 2.05) is 35.2 Å². The molecule has 0 aliphatic carbocycles. The van der Waals surface area contributed by atoms with Gasteiger partial charge in [-0.3, -0.25) is 4.79 Å². The van der Waals surface area contributed by atoms with Crippen LogP contribution in [0.25, 0.3) is 0 Å². The van der Waals surface area contributed by atoms with Gasteiger partial charge in [-0.25, -0.2) is 0 Å². The summed E-state index contributed by atoms with van der Waals surface area (Å²) < 4.78 is 0. The van der Waals surface area contributed by atoms with Crippen LogP contribution in [-0.2, 0) is 4.79 Å². The van der Waals surface area contributed by atoms with Gasteiger partial charge in [-0.05, 0) is 47.4 Å². The Bertz CT molecular complexity index is 559. The van der Waals surface area contributed by atoms with Crippen LogP contribution in [0.4, 0.5) is 5.69 Å². The number of likely N-dealkylation sites (tertiary alicyclic amines) is 1. The molecule has 1 aliphatic heterocycles. The monoisotopic (exact) mass is 322 g/mol. The first-order valence-corrected chi connectivity index (χ1v) is 7.89. The van der Waals surface area contributed by atoms with E-state index in [-0.39, 0.29) is 24.4 Å². The molecule has 3 nitrogen and oxygen atoms in total. The van der Waals surface area contributed by atoms with Crippen molar-refractivity contribution in [2.75, 3.05) is 18.4 Å². The maximum atomic E-state index is 12.4. The third-order valence-corrected chi connectivity index (χ3v) is 4.42. The lowest BCUT2D eigenvalue weighted by Crippen LogP contribution is -2.34. The van der Waals surface area contributed by atoms with Gasteiger partial charge >= 0.3 is 0 Å². The smallest absolute Gasteiger partial charge is 0.242 e. The van der Waals surface area contributed by atoms with E-state index in [9.17, 15) is 4.79 Å². The van der Waals surface area contributed by atoms with Gasteiger partial charge in [-0.15, -0.1) is 12.4 Å². The maximum Gasteiger partial charge on any atom is 0.242 e. The molecule has 1 atom stereocenters. The van der Waals surface area contributed by atoms with Crippen LogP contribution in [0.15, 0.2) is 47.2 Å². The van der Waals surface area contributed by atoms with E-state index in [4.69, 9.17) is 0 Å². The number of anilines is 1. The van der Waals surface area contributed by atoms with Gasteiger partial charge in [0.25, 0.3) is 0 Å². The largest absolute Gasteiger partial charge is 0.376 e. The molecule has 1 aromatic carbocycles. The Morgan fingerprint density at radius 3 is 2.81 bits per heavy atom. The van der Waals surface area contributed by atoms with E-state index < -0.39 is 0 Å². The molecule has 0 radical (unpaired) electrons. The van der Waals surface area contributed by atoms with Crippen molar-refractivity contribution in [3.63, 3.8) is 0 Å². The summed E-state index contributed by atoms with van der Waals surface area (Å²) in [5.41, 5.74) is 2.27. The summed E-state index contributed by atoms with van der Waals surface area (Å²) >= 11 is 1.70. The molecule has 0 bridgehead atoms. The van der Waals surface area contributed by atoms with E-state index in [1.54, 1.807) is 11.3 Å². The molecule has 2 aromatic rings. The van der Waals surface area contributed by atoms with Crippen LogP contribution in [0.1, 0.15) is 24.4 Å². The third kappa shape index (κ3) is 3.77. The second-order valence-corrected chi connectivity index (χ2v) is 5.80. The summed E-state index contributed by atoms with van der Waals surface area (Å²) in [6.07, 6.45) is 2.17. The number of carbonyl (C=O) groups excluding carboxylic acids is 1. The number of benzene rings is 1. The summed E-state index contributed by atoms with van der Waals surface area (Å²) in [5.74, 6) is 0.183. The molecule has 0 saturated carbocycles. The highest BCUT2D eigenvalue weighted by molar-refractivity contribution is 7.07. The fourth-order valence-electron chi connectivity index (χ4n) is 2.71. The molecule has 0 spiro atoms. The zero-order valence-corrected chi connectivity index (χ0v) is 13.3. The van der Waals surface area contributed by atoms with Crippen LogP contribution in [-0.4, -0.2) is 23.9 Å². The van der Waals surface area contributed by atoms with Crippen molar-refractivity contribution in [1.82, 2.24) is 4.90 Å². The van der Waals surface area contributed by atoms with Crippen LogP contribution in [0.2, 0.25) is 0 Å². The summed E-state index contributed by atoms with van der Waals surface area (Å²) in [6, 6.07) is 12.3. The van der Waals surface area contributed by atoms with Crippen molar-refractivity contribution in [3.8, 4) is 0 Å². The highest BCUT2D eigenvalue weighted by Crippen LogP contribution is 2.32. The van der Waals surface area contributed by atoms with E-state index >= 15 is 0 Å². The molecule has 21 heavy (non-hydrogen) atoms. The first-order chi connectivity index (χ1) is 9.84. The Morgan fingerprint density at radius 2 is 2.10 bits per heavy atom. The van der Waals surface area contributed by atoms with Crippen LogP contribution in [0.5, 0.6) is 0 Å². The molecule has 1 N–H and O–H groups in total. The van der Waals surface area contributed by atoms with Gasteiger partial charge in [-0.1, -0.05) is 18.2 Å². The van der Waals surface area contributed by atoms with E-state index in [2.05, 4.69) is 22.1 Å². The van der Waals surface area contributed by atoms with Crippen LogP contribution in [0, 0.1) is 0 Å². The van der Waals surface area contributed by atoms with Crippen LogP contribution >= 0.6 is 23.7 Å². The van der Waals surface area contributed by atoms with Crippen molar-refractivity contribution in [2.45, 2.75) is 18.9 Å². The SMILES string of the molecule is Cl.O=C(CNc1ccccc1)N1CCCC1c1ccsc1. The fraction of sp³-hybridized carbons (Fsp3) is 0.312. The number of amides is 1. The molecular formula is C16H19ClN2OS. The lowest BCUT2D eigenvalue weighted by atomic mass is 10.1. The molecule has 5 heteroatoms. The number of nitrogens with zero attached hydrogens (tertiary/aromatic N) is 1. The van der Waals surface area contributed by atoms with Gasteiger partial charge < -0.3 is 10.2 Å². The fourth-order valence-corrected chi connectivity index (χ4v) is 3.42. The number of thiophene rings is 1. The molecule has 1 aliphatic rings. The number of halogens is 1. The number of rotatable bonds is 4. The minimum absolute atomic E-state index is 0. The van der Waals surface area contributed by atoms with Crippen molar-refractivity contribution in [1.29, 1.82) is 0 Å². The molecular weight excluding hydrogens is 304 g/mol. The summed E-state index contributed by atoms with van der Waals surface area (Å²) in [6.45, 7) is 1.24. The number of hydrogen-bond acceptors (Lipinski definition) is 3. The Labute approximate surface area is 135 Å². The van der Waals surface area contributed by atoms with Crippen molar-refractivity contribution in [2.24, 2.45) is 0 Å². The summed E-state index contributed by atoms with van der Waals surface area (Å²) in [5, 5.41) is 7.43. The van der Waals surface area contributed by atoms with Crippen molar-refractivity contribution < 1.29 is 4.79 Å². The normalized spacial score (nSPS) is 17.3. The molecule has 112 valence electrons. The first-order valence-electron chi connectivity index (χ1n) is 6.95. The quantitative estimate of drug-likeness (QED) is 0.924. The molecule has 3 rings (SSSR count). The Balaban J connectivity index is 0.00000161. The van der Waals surface area contributed by atoms with Gasteiger partial charge in [0.1, 0.15) is 0 Å². The van der Waals surface area contributed by atoms with Gasteiger partial charge in [0.15, 0.2) is 0 Å². The van der Waals surface area contributed by atoms with Crippen molar-refractivity contribution in [3.05, 3.63) is 52.7 Å². The minimum atomic E-state index is 0. The highest BCUT2D eigenvalue weighted by Gasteiger charge is 2.29. The zero-order chi connectivity index (χ0) is 13.8. The molecule has 2 heterocycles. The minimum Gasteiger partial charge on any atom is -0.376 e. The number of hydrogen-bond donors (Lipinski definition) is 1. The van der Waals surface area contributed by atoms with Crippen molar-refractivity contribution >= 4 is 35.3 Å². The Kier molecular flexibility index (Phi) is 5.65. The van der Waals surface area contributed by atoms with Gasteiger partial charge in [0, 0.05) is 12.2 Å². The Morgan fingerprint density at radius 1 is 1.29 bits per heavy atom. The topological polar surface area (TPSA) is 32.3 Å². The maximum absolute atomic E-state index is 12.4. The second-order valence-electron chi connectivity index (χ2n) is 5.02. The number of carbonyl (C=O) groups is 1. The average Bonchev–Trinajstić information content (AvgIpc) is 3.15. The molecule has 1 unspecified atom stereocenters. The van der Waals surface area contributed by atoms with Crippen LogP contribution in [0.3, 0.4) is 0 Å². The first kappa shape index (κ1) is 15.9. The standard InChI is InChI=1S/C16H18N2OS.ClH/c19-16(11-17-14-5-2-1-3-6-14)18-9-4-7-15(18)13-8-10-20-12-13;/h1-3,5-6,8,10,12,15,17H,4,7,9,11H2;1H. The van der Waals surface area contributed by atoms with Gasteiger partial charge in [-0.2, -0.15) is 11.3 Å². The third-order valence-electron chi connectivity index (χ3n) is 3.72. The predicted octanol–water partition coefficient (Wildman–Crippen LogP) is 3.95. The Hall–Kier alpha value is -1.52. The molecule has 1 fully saturated rings. The molecule has 1 aromatic heterocycles. The predicted molar refractivity (Wildman–Crippen MR) is 90.2 cm³/mol. The number of nitrogens with one attached hydrogen (secondary N) is 1. The summed E-state index contributed by atoms with van der Waals surface area (Å²) in [7, 11) is 0. The van der Waals surface area contributed by atoms with E-state index in [0.29, 0.717) is 6.54 Å². The lowest BCUT2D eigenvalue weighted by molar-refractivity contribution is -0.130. The van der Waals surface area contributed by atoms with E-state index in [1.165, 1.54) is 5.56 Å². The van der Waals surface area contributed by atoms with Gasteiger partial charge in [0.05, 0.1) is 12.6 Å². The van der Waals surface area contributed by atoms with Crippen LogP contribution < -0.4 is 5.32 Å². The number of para-hydroxylation sites is 1. The lowest BCUT2D eigenvalue weighted by Gasteiger charge is -2.24. The molecule has 1 saturated heterocycles. The van der Waals surface area contributed by atoms with Gasteiger partial charge in [0.2, 0.25) is 5.91 Å². The summed E-state index contributed by atoms with van der Waals surface area (Å²) in [4.78, 5) is 14.4. The second kappa shape index (κ2) is 7.48. The zero-order valence-electron chi connectivity index (χ0n) is 11.7. The average molecular weight is 323 g/mol.